The summed E-state index contributed by atoms with van der Waals surface area (Å²) in [7, 11) is 0. The van der Waals surface area contributed by atoms with Crippen LogP contribution < -0.4 is 10.1 Å². The van der Waals surface area contributed by atoms with Crippen LogP contribution in [-0.2, 0) is 17.8 Å². The molecule has 2 aliphatic rings. The van der Waals surface area contributed by atoms with Crippen LogP contribution in [0.1, 0.15) is 16.1 Å². The van der Waals surface area contributed by atoms with Gasteiger partial charge in [0.25, 0.3) is 5.91 Å². The van der Waals surface area contributed by atoms with Crippen LogP contribution in [0.4, 0.5) is 13.2 Å². The molecule has 1 N–H and O–H groups in total. The van der Waals surface area contributed by atoms with E-state index in [2.05, 4.69) is 27.1 Å². The number of morpholine rings is 1. The second-order valence-corrected chi connectivity index (χ2v) is 8.36. The molecule has 3 aromatic rings. The van der Waals surface area contributed by atoms with Gasteiger partial charge >= 0.3 is 6.36 Å². The summed E-state index contributed by atoms with van der Waals surface area (Å²) in [4.78, 5) is 14.9. The van der Waals surface area contributed by atoms with Crippen molar-refractivity contribution in [3.05, 3.63) is 65.9 Å². The van der Waals surface area contributed by atoms with Crippen LogP contribution in [0, 0.1) is 0 Å². The number of hydrogen-bond donors (Lipinski definition) is 1. The van der Waals surface area contributed by atoms with Gasteiger partial charge in [0.2, 0.25) is 0 Å². The van der Waals surface area contributed by atoms with Gasteiger partial charge in [-0.15, -0.1) is 13.2 Å². The van der Waals surface area contributed by atoms with Gasteiger partial charge in [0.15, 0.2) is 0 Å². The molecule has 0 saturated carbocycles. The number of nitrogens with zero attached hydrogens (tertiary/aromatic N) is 2. The second kappa shape index (κ2) is 9.15. The summed E-state index contributed by atoms with van der Waals surface area (Å²) >= 11 is 0. The fourth-order valence-corrected chi connectivity index (χ4v) is 4.52. The van der Waals surface area contributed by atoms with E-state index in [4.69, 9.17) is 4.74 Å². The van der Waals surface area contributed by atoms with Crippen LogP contribution in [-0.4, -0.2) is 54.6 Å². The standard InChI is InChI=1S/C25H24F3N3O3/c26-25(27,28)34-20-3-1-2-19(14-20)21-15-22-24(32)29-8-9-31(22)23(21)18-6-4-17(5-7-18)16-30-10-12-33-13-11-30/h1-7,14-15H,8-13,16H2,(H,29,32). The number of hydrogen-bond acceptors (Lipinski definition) is 4. The molecule has 1 amide bonds. The summed E-state index contributed by atoms with van der Waals surface area (Å²) in [6, 6.07) is 15.7. The van der Waals surface area contributed by atoms with E-state index in [1.54, 1.807) is 12.1 Å². The molecule has 34 heavy (non-hydrogen) atoms. The average Bonchev–Trinajstić information content (AvgIpc) is 3.20. The topological polar surface area (TPSA) is 55.7 Å². The smallest absolute Gasteiger partial charge is 0.406 e. The molecule has 0 radical (unpaired) electrons. The van der Waals surface area contributed by atoms with E-state index in [0.29, 0.717) is 29.9 Å². The first-order valence-electron chi connectivity index (χ1n) is 11.1. The number of halogens is 3. The molecule has 0 bridgehead atoms. The zero-order valence-corrected chi connectivity index (χ0v) is 18.4. The summed E-state index contributed by atoms with van der Waals surface area (Å²) < 4.78 is 49.8. The lowest BCUT2D eigenvalue weighted by Crippen LogP contribution is -2.35. The third-order valence-electron chi connectivity index (χ3n) is 6.07. The van der Waals surface area contributed by atoms with Gasteiger partial charge < -0.3 is 19.4 Å². The van der Waals surface area contributed by atoms with Crippen LogP contribution in [0.3, 0.4) is 0 Å². The molecule has 3 heterocycles. The van der Waals surface area contributed by atoms with E-state index in [1.807, 2.05) is 16.7 Å². The van der Waals surface area contributed by atoms with Crippen molar-refractivity contribution in [1.82, 2.24) is 14.8 Å². The van der Waals surface area contributed by atoms with Crippen molar-refractivity contribution in [3.63, 3.8) is 0 Å². The number of aromatic nitrogens is 1. The van der Waals surface area contributed by atoms with Gasteiger partial charge in [-0.2, -0.15) is 0 Å². The summed E-state index contributed by atoms with van der Waals surface area (Å²) in [5, 5.41) is 2.83. The summed E-state index contributed by atoms with van der Waals surface area (Å²) in [6.07, 6.45) is -4.78. The van der Waals surface area contributed by atoms with Crippen molar-refractivity contribution in [1.29, 1.82) is 0 Å². The number of fused-ring (bicyclic) bond motifs is 1. The lowest BCUT2D eigenvalue weighted by Gasteiger charge is -2.26. The Morgan fingerprint density at radius 2 is 1.74 bits per heavy atom. The van der Waals surface area contributed by atoms with Gasteiger partial charge in [-0.1, -0.05) is 36.4 Å². The van der Waals surface area contributed by atoms with Crippen molar-refractivity contribution in [2.45, 2.75) is 19.5 Å². The molecule has 1 fully saturated rings. The first kappa shape index (κ1) is 22.5. The Kier molecular flexibility index (Phi) is 6.05. The molecule has 0 spiro atoms. The highest BCUT2D eigenvalue weighted by molar-refractivity contribution is 5.98. The van der Waals surface area contributed by atoms with Crippen LogP contribution >= 0.6 is 0 Å². The molecule has 9 heteroatoms. The van der Waals surface area contributed by atoms with Gasteiger partial charge in [0.1, 0.15) is 11.4 Å². The maximum Gasteiger partial charge on any atom is 0.573 e. The lowest BCUT2D eigenvalue weighted by atomic mass is 10.00. The number of benzene rings is 2. The summed E-state index contributed by atoms with van der Waals surface area (Å²) in [5.41, 5.74) is 4.56. The molecule has 1 aromatic heterocycles. The number of carbonyl (C=O) groups excluding carboxylic acids is 1. The largest absolute Gasteiger partial charge is 0.573 e. The minimum Gasteiger partial charge on any atom is -0.406 e. The van der Waals surface area contributed by atoms with E-state index in [0.717, 1.165) is 49.7 Å². The number of alkyl halides is 3. The van der Waals surface area contributed by atoms with Gasteiger partial charge in [0.05, 0.1) is 18.9 Å². The first-order valence-corrected chi connectivity index (χ1v) is 11.1. The molecule has 0 atom stereocenters. The minimum absolute atomic E-state index is 0.203. The molecule has 178 valence electrons. The zero-order chi connectivity index (χ0) is 23.7. The number of amides is 1. The summed E-state index contributed by atoms with van der Waals surface area (Å²) in [6.45, 7) is 5.13. The van der Waals surface area contributed by atoms with E-state index >= 15 is 0 Å². The molecular weight excluding hydrogens is 447 g/mol. The Morgan fingerprint density at radius 1 is 0.971 bits per heavy atom. The molecule has 0 unspecified atom stereocenters. The summed E-state index contributed by atoms with van der Waals surface area (Å²) in [5.74, 6) is -0.504. The van der Waals surface area contributed by atoms with Crippen molar-refractivity contribution in [3.8, 4) is 28.1 Å². The second-order valence-electron chi connectivity index (χ2n) is 8.36. The van der Waals surface area contributed by atoms with E-state index < -0.39 is 6.36 Å². The minimum atomic E-state index is -4.78. The average molecular weight is 471 g/mol. The van der Waals surface area contributed by atoms with Crippen LogP contribution in [0.2, 0.25) is 0 Å². The van der Waals surface area contributed by atoms with E-state index in [9.17, 15) is 18.0 Å². The van der Waals surface area contributed by atoms with E-state index in [-0.39, 0.29) is 11.7 Å². The highest BCUT2D eigenvalue weighted by Crippen LogP contribution is 2.38. The Bertz CT molecular complexity index is 1180. The molecular formula is C25H24F3N3O3. The quantitative estimate of drug-likeness (QED) is 0.603. The number of ether oxygens (including phenoxy) is 2. The third-order valence-corrected chi connectivity index (χ3v) is 6.07. The van der Waals surface area contributed by atoms with Crippen molar-refractivity contribution < 1.29 is 27.4 Å². The molecule has 6 nitrogen and oxygen atoms in total. The fourth-order valence-electron chi connectivity index (χ4n) is 4.52. The molecule has 1 saturated heterocycles. The molecule has 5 rings (SSSR count). The lowest BCUT2D eigenvalue weighted by molar-refractivity contribution is -0.274. The maximum absolute atomic E-state index is 12.8. The van der Waals surface area contributed by atoms with Gasteiger partial charge in [-0.3, -0.25) is 9.69 Å². The number of carbonyl (C=O) groups is 1. The van der Waals surface area contributed by atoms with Crippen LogP contribution in [0.5, 0.6) is 5.75 Å². The molecule has 0 aliphatic carbocycles. The van der Waals surface area contributed by atoms with Crippen molar-refractivity contribution in [2.75, 3.05) is 32.8 Å². The number of nitrogens with one attached hydrogen (secondary N) is 1. The van der Waals surface area contributed by atoms with Crippen molar-refractivity contribution in [2.24, 2.45) is 0 Å². The fraction of sp³-hybridized carbons (Fsp3) is 0.320. The maximum atomic E-state index is 12.8. The monoisotopic (exact) mass is 471 g/mol. The van der Waals surface area contributed by atoms with Gasteiger partial charge in [-0.25, -0.2) is 0 Å². The Morgan fingerprint density at radius 3 is 2.47 bits per heavy atom. The SMILES string of the molecule is O=C1NCCn2c1cc(-c1cccc(OC(F)(F)F)c1)c2-c1ccc(CN2CCOCC2)cc1. The molecule has 2 aromatic carbocycles. The Balaban J connectivity index is 1.52. The number of rotatable bonds is 5. The zero-order valence-electron chi connectivity index (χ0n) is 18.4. The first-order chi connectivity index (χ1) is 16.4. The van der Waals surface area contributed by atoms with Gasteiger partial charge in [-0.05, 0) is 34.9 Å². The Labute approximate surface area is 194 Å². The normalized spacial score (nSPS) is 16.7. The predicted molar refractivity (Wildman–Crippen MR) is 120 cm³/mol. The highest BCUT2D eigenvalue weighted by atomic mass is 19.4. The van der Waals surface area contributed by atoms with E-state index in [1.165, 1.54) is 18.2 Å². The van der Waals surface area contributed by atoms with Gasteiger partial charge in [0, 0.05) is 38.3 Å². The molecule has 2 aliphatic heterocycles. The van der Waals surface area contributed by atoms with Crippen molar-refractivity contribution >= 4 is 5.91 Å². The Hall–Kier alpha value is -3.30. The van der Waals surface area contributed by atoms with Crippen LogP contribution in [0.15, 0.2) is 54.6 Å². The van der Waals surface area contributed by atoms with Crippen LogP contribution in [0.25, 0.3) is 22.4 Å². The highest BCUT2D eigenvalue weighted by Gasteiger charge is 2.31. The third kappa shape index (κ3) is 4.80. The predicted octanol–water partition coefficient (Wildman–Crippen LogP) is 4.30.